The molecule has 0 spiro atoms. The Morgan fingerprint density at radius 3 is 2.42 bits per heavy atom. The number of carbonyl (C=O) groups excluding carboxylic acids is 1. The third-order valence-electron chi connectivity index (χ3n) is 10.3. The molecule has 2 aliphatic rings. The fourth-order valence-electron chi connectivity index (χ4n) is 7.50. The highest BCUT2D eigenvalue weighted by Gasteiger charge is 2.31. The molecule has 2 aromatic carbocycles. The molecule has 5 aromatic rings. The minimum atomic E-state index is -0.252. The van der Waals surface area contributed by atoms with Crippen LogP contribution in [0.1, 0.15) is 40.2 Å². The predicted molar refractivity (Wildman–Crippen MR) is 202 cm³/mol. The summed E-state index contributed by atoms with van der Waals surface area (Å²) in [5.74, 6) is 1.23. The highest BCUT2D eigenvalue weighted by molar-refractivity contribution is 7.10. The molecule has 52 heavy (non-hydrogen) atoms. The zero-order valence-electron chi connectivity index (χ0n) is 29.8. The summed E-state index contributed by atoms with van der Waals surface area (Å²) in [7, 11) is 5.11. The van der Waals surface area contributed by atoms with Crippen LogP contribution in [0.3, 0.4) is 0 Å². The van der Waals surface area contributed by atoms with E-state index in [2.05, 4.69) is 44.0 Å². The van der Waals surface area contributed by atoms with Gasteiger partial charge in [-0.3, -0.25) is 24.4 Å². The number of rotatable bonds is 9. The summed E-state index contributed by atoms with van der Waals surface area (Å²) in [5.41, 5.74) is 6.57. The molecule has 0 aliphatic carbocycles. The van der Waals surface area contributed by atoms with Gasteiger partial charge in [0.1, 0.15) is 28.1 Å². The number of aryl methyl sites for hydroxylation is 1. The van der Waals surface area contributed by atoms with Crippen LogP contribution >= 0.6 is 11.3 Å². The van der Waals surface area contributed by atoms with Gasteiger partial charge in [0.2, 0.25) is 0 Å². The fourth-order valence-corrected chi connectivity index (χ4v) is 8.07. The molecule has 0 bridgehead atoms. The van der Waals surface area contributed by atoms with Crippen molar-refractivity contribution in [3.63, 3.8) is 0 Å². The number of ether oxygens (including phenoxy) is 2. The molecule has 266 valence electrons. The van der Waals surface area contributed by atoms with Crippen LogP contribution in [-0.4, -0.2) is 82.1 Å². The zero-order chi connectivity index (χ0) is 36.4. The van der Waals surface area contributed by atoms with E-state index in [4.69, 9.17) is 9.47 Å². The Morgan fingerprint density at radius 1 is 1.02 bits per heavy atom. The molecule has 0 radical (unpaired) electrons. The Balaban J connectivity index is 1.03. The van der Waals surface area contributed by atoms with Crippen molar-refractivity contribution in [1.82, 2.24) is 29.2 Å². The number of carbonyl (C=O) groups is 1. The van der Waals surface area contributed by atoms with E-state index in [0.29, 0.717) is 23.5 Å². The second-order valence-corrected chi connectivity index (χ2v) is 14.2. The van der Waals surface area contributed by atoms with Gasteiger partial charge in [-0.15, -0.1) is 11.3 Å². The molecule has 1 fully saturated rings. The normalized spacial score (nSPS) is 16.8. The van der Waals surface area contributed by atoms with Crippen molar-refractivity contribution >= 4 is 34.1 Å². The van der Waals surface area contributed by atoms with Crippen LogP contribution in [0.15, 0.2) is 76.9 Å². The Morgan fingerprint density at radius 2 is 1.75 bits per heavy atom. The molecule has 7 rings (SSSR count). The first-order valence-corrected chi connectivity index (χ1v) is 18.2. The van der Waals surface area contributed by atoms with Crippen molar-refractivity contribution in [3.05, 3.63) is 110 Å². The molecule has 0 saturated carbocycles. The van der Waals surface area contributed by atoms with Crippen LogP contribution in [0.2, 0.25) is 0 Å². The second-order valence-electron chi connectivity index (χ2n) is 13.2. The fraction of sp³-hybridized carbons (Fsp3) is 0.325. The number of nitriles is 1. The van der Waals surface area contributed by atoms with Crippen LogP contribution in [0.5, 0.6) is 11.5 Å². The minimum absolute atomic E-state index is 0.0896. The van der Waals surface area contributed by atoms with Gasteiger partial charge in [0.15, 0.2) is 0 Å². The number of amides is 1. The lowest BCUT2D eigenvalue weighted by Gasteiger charge is -2.38. The van der Waals surface area contributed by atoms with E-state index >= 15 is 0 Å². The number of hydrogen-bond donors (Lipinski definition) is 0. The molecule has 12 heteroatoms. The summed E-state index contributed by atoms with van der Waals surface area (Å²) >= 11 is 1.40. The maximum atomic E-state index is 13.4. The first-order chi connectivity index (χ1) is 25.3. The molecular weight excluding hydrogens is 675 g/mol. The summed E-state index contributed by atoms with van der Waals surface area (Å²) in [4.78, 5) is 41.3. The average Bonchev–Trinajstić information content (AvgIpc) is 3.69. The van der Waals surface area contributed by atoms with Gasteiger partial charge in [0, 0.05) is 88.6 Å². The predicted octanol–water partition coefficient (Wildman–Crippen LogP) is 5.44. The molecule has 3 aromatic heterocycles. The van der Waals surface area contributed by atoms with E-state index in [1.54, 1.807) is 50.5 Å². The van der Waals surface area contributed by atoms with Gasteiger partial charge in [-0.05, 0) is 65.3 Å². The van der Waals surface area contributed by atoms with Crippen molar-refractivity contribution in [2.45, 2.75) is 32.5 Å². The zero-order valence-corrected chi connectivity index (χ0v) is 30.7. The number of hydrogen-bond acceptors (Lipinski definition) is 10. The molecule has 2 aliphatic heterocycles. The van der Waals surface area contributed by atoms with Gasteiger partial charge in [-0.2, -0.15) is 5.26 Å². The molecule has 0 unspecified atom stereocenters. The van der Waals surface area contributed by atoms with Crippen LogP contribution in [0.4, 0.5) is 0 Å². The number of piperazine rings is 1. The Labute approximate surface area is 307 Å². The maximum Gasteiger partial charge on any atom is 0.265 e. The monoisotopic (exact) mass is 715 g/mol. The highest BCUT2D eigenvalue weighted by atomic mass is 32.1. The number of aromatic nitrogens is 3. The van der Waals surface area contributed by atoms with Gasteiger partial charge in [0.05, 0.1) is 31.2 Å². The summed E-state index contributed by atoms with van der Waals surface area (Å²) in [6.45, 7) is 7.75. The highest BCUT2D eigenvalue weighted by Crippen LogP contribution is 2.38. The van der Waals surface area contributed by atoms with Crippen LogP contribution in [0, 0.1) is 11.3 Å². The SMILES string of the molecule is COc1cc(-c2cn(C)c(=O)c3cnccc23)cc(OC)c1CN1CCN(Cc2cccc3c2CCN(C(=O)/C(C#N)=C/c2nccs2)[C@H]3C)CC1. The maximum absolute atomic E-state index is 13.4. The van der Waals surface area contributed by atoms with Crippen LogP contribution < -0.4 is 15.0 Å². The van der Waals surface area contributed by atoms with Crippen molar-refractivity contribution < 1.29 is 14.3 Å². The van der Waals surface area contributed by atoms with Gasteiger partial charge in [-0.25, -0.2) is 4.98 Å². The molecular formula is C40H41N7O4S. The summed E-state index contributed by atoms with van der Waals surface area (Å²) in [6.07, 6.45) is 9.17. The van der Waals surface area contributed by atoms with Crippen LogP contribution in [-0.2, 0) is 31.4 Å². The van der Waals surface area contributed by atoms with Crippen molar-refractivity contribution in [2.24, 2.45) is 7.05 Å². The van der Waals surface area contributed by atoms with Crippen molar-refractivity contribution in [2.75, 3.05) is 46.9 Å². The molecule has 0 N–H and O–H groups in total. The van der Waals surface area contributed by atoms with E-state index in [0.717, 1.165) is 78.3 Å². The summed E-state index contributed by atoms with van der Waals surface area (Å²) in [6, 6.07) is 14.3. The van der Waals surface area contributed by atoms with E-state index in [9.17, 15) is 14.9 Å². The lowest BCUT2D eigenvalue weighted by atomic mass is 9.89. The van der Waals surface area contributed by atoms with Gasteiger partial charge in [-0.1, -0.05) is 18.2 Å². The van der Waals surface area contributed by atoms with E-state index < -0.39 is 0 Å². The second kappa shape index (κ2) is 15.1. The van der Waals surface area contributed by atoms with Crippen molar-refractivity contribution in [3.8, 4) is 28.7 Å². The largest absolute Gasteiger partial charge is 0.496 e. The number of fused-ring (bicyclic) bond motifs is 2. The first kappa shape index (κ1) is 35.1. The Bertz CT molecular complexity index is 2230. The van der Waals surface area contributed by atoms with E-state index in [-0.39, 0.29) is 23.1 Å². The molecule has 1 amide bonds. The topological polar surface area (TPSA) is 117 Å². The Kier molecular flexibility index (Phi) is 10.2. The van der Waals surface area contributed by atoms with E-state index in [1.807, 2.05) is 41.6 Å². The third-order valence-corrected chi connectivity index (χ3v) is 11.0. The smallest absolute Gasteiger partial charge is 0.265 e. The van der Waals surface area contributed by atoms with Crippen molar-refractivity contribution in [1.29, 1.82) is 5.26 Å². The standard InChI is InChI=1S/C40H41N7O4S/c1-26-30-7-5-6-27(31(30)9-12-47(26)39(48)29(21-41)20-38-43-11-17-52-38)23-45-13-15-46(16-14-45)25-35-36(50-3)18-28(19-37(35)51-4)34-24-44(2)40(49)33-22-42-10-8-32(33)34/h5-8,10-11,17-20,22,24,26H,9,12-16,23,25H2,1-4H3/b29-20+/t26-/m0/s1. The summed E-state index contributed by atoms with van der Waals surface area (Å²) in [5, 5.41) is 13.6. The lowest BCUT2D eigenvalue weighted by molar-refractivity contribution is -0.129. The third kappa shape index (κ3) is 6.82. The molecule has 1 saturated heterocycles. The average molecular weight is 716 g/mol. The quantitative estimate of drug-likeness (QED) is 0.145. The number of pyridine rings is 2. The summed E-state index contributed by atoms with van der Waals surface area (Å²) < 4.78 is 13.5. The number of methoxy groups -OCH3 is 2. The van der Waals surface area contributed by atoms with E-state index in [1.165, 1.54) is 22.5 Å². The van der Waals surface area contributed by atoms with Crippen LogP contribution in [0.25, 0.3) is 28.0 Å². The van der Waals surface area contributed by atoms with Gasteiger partial charge >= 0.3 is 0 Å². The molecule has 5 heterocycles. The number of nitrogens with zero attached hydrogens (tertiary/aromatic N) is 7. The minimum Gasteiger partial charge on any atom is -0.496 e. The molecule has 1 atom stereocenters. The van der Waals surface area contributed by atoms with Gasteiger partial charge in [0.25, 0.3) is 11.5 Å². The molecule has 11 nitrogen and oxygen atoms in total. The first-order valence-electron chi connectivity index (χ1n) is 17.4. The number of benzene rings is 2. The van der Waals surface area contributed by atoms with Gasteiger partial charge < -0.3 is 18.9 Å². The number of thiazole rings is 1. The lowest BCUT2D eigenvalue weighted by Crippen LogP contribution is -2.45. The Hall–Kier alpha value is -5.35.